The van der Waals surface area contributed by atoms with Gasteiger partial charge in [0.1, 0.15) is 5.84 Å². The van der Waals surface area contributed by atoms with Crippen LogP contribution in [0.1, 0.15) is 17.3 Å². The van der Waals surface area contributed by atoms with E-state index < -0.39 is 6.17 Å². The van der Waals surface area contributed by atoms with Crippen molar-refractivity contribution in [1.29, 1.82) is 0 Å². The molecule has 44 heavy (non-hydrogen) atoms. The topological polar surface area (TPSA) is 41.7 Å². The van der Waals surface area contributed by atoms with Crippen molar-refractivity contribution < 1.29 is 0 Å². The first kappa shape index (κ1) is 25.0. The first-order valence-electron chi connectivity index (χ1n) is 14.8. The molecule has 0 saturated carbocycles. The molecule has 9 rings (SSSR count). The number of aromatic nitrogens is 1. The second-order valence-corrected chi connectivity index (χ2v) is 12.2. The van der Waals surface area contributed by atoms with Crippen LogP contribution in [-0.4, -0.2) is 16.4 Å². The Kier molecular flexibility index (Phi) is 5.71. The summed E-state index contributed by atoms with van der Waals surface area (Å²) in [6.45, 7) is 0. The van der Waals surface area contributed by atoms with Crippen molar-refractivity contribution in [3.05, 3.63) is 157 Å². The fraction of sp³-hybridized carbons (Fsp3) is 0.0256. The second-order valence-electron chi connectivity index (χ2n) is 11.1. The molecule has 1 aliphatic rings. The maximum atomic E-state index is 5.28. The predicted octanol–water partition coefficient (Wildman–Crippen LogP) is 9.78. The molecule has 1 atom stereocenters. The first-order valence-corrected chi connectivity index (χ1v) is 15.6. The summed E-state index contributed by atoms with van der Waals surface area (Å²) in [6, 6.07) is 51.4. The summed E-state index contributed by atoms with van der Waals surface area (Å²) < 4.78 is 4.85. The number of amidine groups is 1. The number of nitrogens with one attached hydrogen (secondary N) is 1. The third-order valence-corrected chi connectivity index (χ3v) is 9.61. The Morgan fingerprint density at radius 2 is 1.16 bits per heavy atom. The summed E-state index contributed by atoms with van der Waals surface area (Å²) in [6.07, 6.45) is -0.393. The van der Waals surface area contributed by atoms with Crippen molar-refractivity contribution in [3.8, 4) is 11.1 Å². The Hall–Kier alpha value is -5.52. The van der Waals surface area contributed by atoms with Crippen molar-refractivity contribution in [2.24, 2.45) is 9.98 Å². The molecule has 1 aliphatic heterocycles. The van der Waals surface area contributed by atoms with Crippen LogP contribution in [0.5, 0.6) is 0 Å². The zero-order valence-corrected chi connectivity index (χ0v) is 24.5. The van der Waals surface area contributed by atoms with Crippen LogP contribution in [0.15, 0.2) is 156 Å². The van der Waals surface area contributed by atoms with Crippen LogP contribution in [0.3, 0.4) is 0 Å². The summed E-state index contributed by atoms with van der Waals surface area (Å²) in [5, 5.41) is 8.65. The van der Waals surface area contributed by atoms with Gasteiger partial charge >= 0.3 is 0 Å². The Morgan fingerprint density at radius 3 is 1.95 bits per heavy atom. The molecular formula is C39H26N4S. The standard InChI is InChI=1S/C39H26N4S/c1-3-11-25(12-4-1)26-19-21-28(22-20-26)38-40-37(27-13-5-2-6-14-27)41-39(42-38)43-33-17-9-7-15-29(33)31-23-32-30-16-8-10-18-35(30)44-36(32)24-34(31)43/h1-24,38H,(H,40,41,42). The minimum absolute atomic E-state index is 0.393. The lowest BCUT2D eigenvalue weighted by Crippen LogP contribution is -2.39. The number of rotatable bonds is 3. The van der Waals surface area contributed by atoms with Crippen molar-refractivity contribution in [1.82, 2.24) is 9.88 Å². The van der Waals surface area contributed by atoms with E-state index in [0.29, 0.717) is 0 Å². The van der Waals surface area contributed by atoms with Crippen LogP contribution in [0.25, 0.3) is 53.1 Å². The minimum atomic E-state index is -0.393. The highest BCUT2D eigenvalue weighted by atomic mass is 32.1. The molecular weight excluding hydrogens is 557 g/mol. The molecule has 5 heteroatoms. The van der Waals surface area contributed by atoms with E-state index >= 15 is 0 Å². The highest BCUT2D eigenvalue weighted by Gasteiger charge is 2.24. The van der Waals surface area contributed by atoms with Gasteiger partial charge in [0.2, 0.25) is 5.96 Å². The van der Waals surface area contributed by atoms with E-state index in [2.05, 4.69) is 131 Å². The lowest BCUT2D eigenvalue weighted by molar-refractivity contribution is 0.745. The lowest BCUT2D eigenvalue weighted by atomic mass is 10.0. The number of para-hydroxylation sites is 1. The fourth-order valence-corrected chi connectivity index (χ4v) is 7.46. The number of benzene rings is 6. The highest BCUT2D eigenvalue weighted by molar-refractivity contribution is 7.25. The lowest BCUT2D eigenvalue weighted by Gasteiger charge is -2.23. The maximum Gasteiger partial charge on any atom is 0.211 e. The van der Waals surface area contributed by atoms with E-state index in [1.807, 2.05) is 35.6 Å². The minimum Gasteiger partial charge on any atom is -0.310 e. The molecule has 8 aromatic rings. The normalized spacial score (nSPS) is 15.0. The molecule has 4 nitrogen and oxygen atoms in total. The summed E-state index contributed by atoms with van der Waals surface area (Å²) in [7, 11) is 0. The molecule has 3 heterocycles. The number of thiophene rings is 1. The quantitative estimate of drug-likeness (QED) is 0.221. The highest BCUT2D eigenvalue weighted by Crippen LogP contribution is 2.40. The molecule has 0 radical (unpaired) electrons. The third-order valence-electron chi connectivity index (χ3n) is 8.47. The molecule has 6 aromatic carbocycles. The smallest absolute Gasteiger partial charge is 0.211 e. The van der Waals surface area contributed by atoms with Gasteiger partial charge in [0.15, 0.2) is 6.17 Å². The van der Waals surface area contributed by atoms with Gasteiger partial charge in [-0.05, 0) is 41.0 Å². The first-order chi connectivity index (χ1) is 21.8. The Bertz CT molecular complexity index is 2400. The zero-order valence-electron chi connectivity index (χ0n) is 23.7. The molecule has 0 bridgehead atoms. The van der Waals surface area contributed by atoms with E-state index in [-0.39, 0.29) is 0 Å². The number of hydrogen-bond donors (Lipinski definition) is 1. The summed E-state index contributed by atoms with van der Waals surface area (Å²) in [5.74, 6) is 1.57. The molecule has 0 aliphatic carbocycles. The predicted molar refractivity (Wildman–Crippen MR) is 186 cm³/mol. The molecule has 2 aromatic heterocycles. The van der Waals surface area contributed by atoms with Gasteiger partial charge in [0.05, 0.1) is 11.0 Å². The van der Waals surface area contributed by atoms with E-state index in [1.165, 1.54) is 42.1 Å². The maximum absolute atomic E-state index is 5.28. The van der Waals surface area contributed by atoms with E-state index in [4.69, 9.17) is 9.98 Å². The average molecular weight is 583 g/mol. The molecule has 0 fully saturated rings. The molecule has 0 spiro atoms. The molecule has 1 N–H and O–H groups in total. The van der Waals surface area contributed by atoms with Gasteiger partial charge in [-0.3, -0.25) is 4.57 Å². The van der Waals surface area contributed by atoms with E-state index in [1.54, 1.807) is 0 Å². The molecule has 0 saturated heterocycles. The van der Waals surface area contributed by atoms with Gasteiger partial charge in [-0.15, -0.1) is 11.3 Å². The van der Waals surface area contributed by atoms with Crippen LogP contribution in [0.4, 0.5) is 0 Å². The zero-order chi connectivity index (χ0) is 29.0. The van der Waals surface area contributed by atoms with Gasteiger partial charge in [0, 0.05) is 36.5 Å². The Morgan fingerprint density at radius 1 is 0.500 bits per heavy atom. The van der Waals surface area contributed by atoms with Crippen LogP contribution < -0.4 is 5.32 Å². The third kappa shape index (κ3) is 4.05. The van der Waals surface area contributed by atoms with Crippen LogP contribution in [0.2, 0.25) is 0 Å². The molecule has 208 valence electrons. The Balaban J connectivity index is 1.24. The van der Waals surface area contributed by atoms with Crippen molar-refractivity contribution >= 4 is 65.1 Å². The SMILES string of the molecule is c1ccc(C2=NC(c3ccc(-c4ccccc4)cc3)N=C(n3c4ccccc4c4cc5c(cc43)sc3ccccc35)N2)cc1. The van der Waals surface area contributed by atoms with E-state index in [9.17, 15) is 0 Å². The Labute approximate surface area is 258 Å². The number of hydrogen-bond acceptors (Lipinski definition) is 4. The van der Waals surface area contributed by atoms with Gasteiger partial charge in [-0.1, -0.05) is 121 Å². The fourth-order valence-electron chi connectivity index (χ4n) is 6.34. The van der Waals surface area contributed by atoms with Crippen LogP contribution in [-0.2, 0) is 0 Å². The largest absolute Gasteiger partial charge is 0.310 e. The number of fused-ring (bicyclic) bond motifs is 6. The van der Waals surface area contributed by atoms with Crippen molar-refractivity contribution in [2.75, 3.05) is 0 Å². The van der Waals surface area contributed by atoms with Gasteiger partial charge in [-0.25, -0.2) is 9.98 Å². The van der Waals surface area contributed by atoms with Gasteiger partial charge in [0.25, 0.3) is 0 Å². The van der Waals surface area contributed by atoms with Gasteiger partial charge in [-0.2, -0.15) is 0 Å². The van der Waals surface area contributed by atoms with Crippen molar-refractivity contribution in [2.45, 2.75) is 6.17 Å². The summed E-state index contributed by atoms with van der Waals surface area (Å²) in [4.78, 5) is 10.4. The average Bonchev–Trinajstić information content (AvgIpc) is 3.62. The summed E-state index contributed by atoms with van der Waals surface area (Å²) >= 11 is 1.84. The summed E-state index contributed by atoms with van der Waals surface area (Å²) in [5.41, 5.74) is 6.68. The van der Waals surface area contributed by atoms with E-state index in [0.717, 1.165) is 34.0 Å². The monoisotopic (exact) mass is 582 g/mol. The number of nitrogens with zero attached hydrogens (tertiary/aromatic N) is 3. The van der Waals surface area contributed by atoms with Crippen molar-refractivity contribution in [3.63, 3.8) is 0 Å². The van der Waals surface area contributed by atoms with Crippen LogP contribution >= 0.6 is 11.3 Å². The number of aliphatic imine (C=N–C) groups is 2. The van der Waals surface area contributed by atoms with Gasteiger partial charge < -0.3 is 5.32 Å². The molecule has 1 unspecified atom stereocenters. The second kappa shape index (κ2) is 10.0. The van der Waals surface area contributed by atoms with Crippen LogP contribution in [0, 0.1) is 0 Å². The molecule has 0 amide bonds.